The van der Waals surface area contributed by atoms with Crippen molar-refractivity contribution in [2.45, 2.75) is 39.2 Å². The molecule has 7 nitrogen and oxygen atoms in total. The zero-order valence-electron chi connectivity index (χ0n) is 11.4. The molecule has 1 saturated carbocycles. The number of urea groups is 1. The molecule has 0 spiro atoms. The summed E-state index contributed by atoms with van der Waals surface area (Å²) in [6.07, 6.45) is 4.40. The van der Waals surface area contributed by atoms with Crippen molar-refractivity contribution in [1.29, 1.82) is 0 Å². The molecule has 1 aromatic heterocycles. The molecule has 0 atom stereocenters. The molecule has 20 heavy (non-hydrogen) atoms. The normalized spacial score (nSPS) is 16.2. The standard InChI is InChI=1S/C13H19N3O4/c1-9-6-14-10(20-9)7-15-12(19)16-8-13(3-2-4-13)5-11(17)18/h6H,2-5,7-8H2,1H3,(H,17,18)(H2,15,16,19). The summed E-state index contributed by atoms with van der Waals surface area (Å²) in [6, 6.07) is -0.336. The molecule has 1 aliphatic rings. The van der Waals surface area contributed by atoms with Crippen LogP contribution < -0.4 is 10.6 Å². The van der Waals surface area contributed by atoms with E-state index in [-0.39, 0.29) is 24.4 Å². The Hall–Kier alpha value is -2.05. The van der Waals surface area contributed by atoms with Crippen LogP contribution in [-0.2, 0) is 11.3 Å². The first kappa shape index (κ1) is 14.4. The van der Waals surface area contributed by atoms with Crippen molar-refractivity contribution in [3.05, 3.63) is 17.8 Å². The molecular weight excluding hydrogens is 262 g/mol. The van der Waals surface area contributed by atoms with Crippen molar-refractivity contribution in [2.75, 3.05) is 6.54 Å². The lowest BCUT2D eigenvalue weighted by Gasteiger charge is -2.40. The fourth-order valence-corrected chi connectivity index (χ4v) is 2.38. The van der Waals surface area contributed by atoms with Crippen LogP contribution in [0.4, 0.5) is 4.79 Å². The molecule has 1 aliphatic carbocycles. The Labute approximate surface area is 116 Å². The van der Waals surface area contributed by atoms with Crippen LogP contribution in [0.25, 0.3) is 0 Å². The molecule has 1 aromatic rings. The van der Waals surface area contributed by atoms with Crippen LogP contribution in [0.5, 0.6) is 0 Å². The molecule has 0 saturated heterocycles. The second-order valence-electron chi connectivity index (χ2n) is 5.32. The molecule has 0 radical (unpaired) electrons. The van der Waals surface area contributed by atoms with Gasteiger partial charge in [0.15, 0.2) is 0 Å². The lowest BCUT2D eigenvalue weighted by Crippen LogP contribution is -2.46. The van der Waals surface area contributed by atoms with Gasteiger partial charge in [-0.15, -0.1) is 0 Å². The summed E-state index contributed by atoms with van der Waals surface area (Å²) in [5.41, 5.74) is -0.275. The summed E-state index contributed by atoms with van der Waals surface area (Å²) in [4.78, 5) is 26.4. The van der Waals surface area contributed by atoms with Crippen molar-refractivity contribution in [3.63, 3.8) is 0 Å². The third kappa shape index (κ3) is 3.72. The zero-order valence-corrected chi connectivity index (χ0v) is 11.4. The molecule has 7 heteroatoms. The number of aliphatic carboxylic acids is 1. The Bertz CT molecular complexity index is 494. The van der Waals surface area contributed by atoms with Crippen molar-refractivity contribution in [3.8, 4) is 0 Å². The maximum atomic E-state index is 11.7. The predicted octanol–water partition coefficient (Wildman–Crippen LogP) is 1.43. The molecule has 2 rings (SSSR count). The minimum atomic E-state index is -0.817. The summed E-state index contributed by atoms with van der Waals surface area (Å²) in [7, 11) is 0. The lowest BCUT2D eigenvalue weighted by atomic mass is 9.66. The summed E-state index contributed by atoms with van der Waals surface area (Å²) < 4.78 is 5.23. The van der Waals surface area contributed by atoms with Gasteiger partial charge in [0.1, 0.15) is 5.76 Å². The fourth-order valence-electron chi connectivity index (χ4n) is 2.38. The Morgan fingerprint density at radius 3 is 2.70 bits per heavy atom. The summed E-state index contributed by atoms with van der Waals surface area (Å²) in [5, 5.41) is 14.2. The SMILES string of the molecule is Cc1cnc(CNC(=O)NCC2(CC(=O)O)CCC2)o1. The van der Waals surface area contributed by atoms with Gasteiger partial charge in [-0.2, -0.15) is 0 Å². The van der Waals surface area contributed by atoms with Crippen molar-refractivity contribution in [1.82, 2.24) is 15.6 Å². The van der Waals surface area contributed by atoms with Crippen LogP contribution in [-0.4, -0.2) is 28.6 Å². The predicted molar refractivity (Wildman–Crippen MR) is 70.0 cm³/mol. The Morgan fingerprint density at radius 1 is 1.45 bits per heavy atom. The van der Waals surface area contributed by atoms with E-state index in [0.29, 0.717) is 18.2 Å². The number of carbonyl (C=O) groups is 2. The molecule has 1 heterocycles. The first-order valence-corrected chi connectivity index (χ1v) is 6.64. The van der Waals surface area contributed by atoms with Crippen LogP contribution in [0.1, 0.15) is 37.3 Å². The second kappa shape index (κ2) is 5.94. The highest BCUT2D eigenvalue weighted by molar-refractivity contribution is 5.74. The van der Waals surface area contributed by atoms with Crippen molar-refractivity contribution in [2.24, 2.45) is 5.41 Å². The minimum absolute atomic E-state index is 0.103. The van der Waals surface area contributed by atoms with Gasteiger partial charge in [0.2, 0.25) is 5.89 Å². The number of hydrogen-bond donors (Lipinski definition) is 3. The monoisotopic (exact) mass is 281 g/mol. The topological polar surface area (TPSA) is 104 Å². The molecule has 0 unspecified atom stereocenters. The first-order valence-electron chi connectivity index (χ1n) is 6.64. The molecule has 3 N–H and O–H groups in total. The smallest absolute Gasteiger partial charge is 0.315 e. The molecule has 0 aromatic carbocycles. The molecule has 0 aliphatic heterocycles. The minimum Gasteiger partial charge on any atom is -0.481 e. The van der Waals surface area contributed by atoms with E-state index in [9.17, 15) is 9.59 Å². The number of nitrogens with zero attached hydrogens (tertiary/aromatic N) is 1. The van der Waals surface area contributed by atoms with Crippen LogP contribution in [0.3, 0.4) is 0 Å². The number of amides is 2. The third-order valence-electron chi connectivity index (χ3n) is 3.63. The summed E-state index contributed by atoms with van der Waals surface area (Å²) in [6.45, 7) is 2.38. The van der Waals surface area contributed by atoms with Crippen molar-refractivity contribution < 1.29 is 19.1 Å². The molecular formula is C13H19N3O4. The van der Waals surface area contributed by atoms with Gasteiger partial charge < -0.3 is 20.2 Å². The molecule has 1 fully saturated rings. The average molecular weight is 281 g/mol. The summed E-state index contributed by atoms with van der Waals surface area (Å²) in [5.74, 6) is 0.320. The highest BCUT2D eigenvalue weighted by Crippen LogP contribution is 2.43. The van der Waals surface area contributed by atoms with E-state index in [2.05, 4.69) is 15.6 Å². The van der Waals surface area contributed by atoms with E-state index in [4.69, 9.17) is 9.52 Å². The van der Waals surface area contributed by atoms with E-state index >= 15 is 0 Å². The van der Waals surface area contributed by atoms with Gasteiger partial charge in [-0.1, -0.05) is 6.42 Å². The van der Waals surface area contributed by atoms with E-state index in [1.807, 2.05) is 0 Å². The van der Waals surface area contributed by atoms with Crippen LogP contribution in [0, 0.1) is 12.3 Å². The number of aryl methyl sites for hydroxylation is 1. The Morgan fingerprint density at radius 2 is 2.20 bits per heavy atom. The number of nitrogens with one attached hydrogen (secondary N) is 2. The highest BCUT2D eigenvalue weighted by Gasteiger charge is 2.39. The largest absolute Gasteiger partial charge is 0.481 e. The Balaban J connectivity index is 1.73. The quantitative estimate of drug-likeness (QED) is 0.731. The average Bonchev–Trinajstić information content (AvgIpc) is 2.75. The number of oxazole rings is 1. The maximum Gasteiger partial charge on any atom is 0.315 e. The van der Waals surface area contributed by atoms with Gasteiger partial charge in [-0.25, -0.2) is 9.78 Å². The highest BCUT2D eigenvalue weighted by atomic mass is 16.4. The van der Waals surface area contributed by atoms with E-state index in [1.165, 1.54) is 0 Å². The fraction of sp³-hybridized carbons (Fsp3) is 0.615. The van der Waals surface area contributed by atoms with Gasteiger partial charge in [0.05, 0.1) is 19.2 Å². The number of carbonyl (C=O) groups excluding carboxylic acids is 1. The van der Waals surface area contributed by atoms with E-state index < -0.39 is 5.97 Å². The number of aromatic nitrogens is 1. The van der Waals surface area contributed by atoms with Gasteiger partial charge in [0.25, 0.3) is 0 Å². The van der Waals surface area contributed by atoms with Crippen LogP contribution >= 0.6 is 0 Å². The number of carboxylic acids is 1. The Kier molecular flexibility index (Phi) is 4.26. The molecule has 110 valence electrons. The zero-order chi connectivity index (χ0) is 14.6. The van der Waals surface area contributed by atoms with Gasteiger partial charge in [-0.3, -0.25) is 4.79 Å². The first-order chi connectivity index (χ1) is 9.49. The number of carboxylic acid groups (broad SMARTS) is 1. The van der Waals surface area contributed by atoms with Gasteiger partial charge in [0, 0.05) is 6.54 Å². The third-order valence-corrected chi connectivity index (χ3v) is 3.63. The van der Waals surface area contributed by atoms with Gasteiger partial charge in [-0.05, 0) is 25.2 Å². The van der Waals surface area contributed by atoms with E-state index in [1.54, 1.807) is 13.1 Å². The van der Waals surface area contributed by atoms with E-state index in [0.717, 1.165) is 19.3 Å². The van der Waals surface area contributed by atoms with Crippen LogP contribution in [0.15, 0.2) is 10.6 Å². The van der Waals surface area contributed by atoms with Crippen molar-refractivity contribution >= 4 is 12.0 Å². The molecule has 2 amide bonds. The number of hydrogen-bond acceptors (Lipinski definition) is 4. The number of rotatable bonds is 6. The lowest BCUT2D eigenvalue weighted by molar-refractivity contribution is -0.141. The van der Waals surface area contributed by atoms with Crippen LogP contribution in [0.2, 0.25) is 0 Å². The second-order valence-corrected chi connectivity index (χ2v) is 5.32. The van der Waals surface area contributed by atoms with Gasteiger partial charge >= 0.3 is 12.0 Å². The maximum absolute atomic E-state index is 11.7. The summed E-state index contributed by atoms with van der Waals surface area (Å²) >= 11 is 0. The molecule has 0 bridgehead atoms.